The first-order valence-electron chi connectivity index (χ1n) is 6.41. The van der Waals surface area contributed by atoms with E-state index in [1.807, 2.05) is 40.7 Å². The molecule has 1 amide bonds. The lowest BCUT2D eigenvalue weighted by Crippen LogP contribution is -2.35. The van der Waals surface area contributed by atoms with E-state index < -0.39 is 11.7 Å². The first-order chi connectivity index (χ1) is 8.75. The van der Waals surface area contributed by atoms with Gasteiger partial charge in [-0.2, -0.15) is 0 Å². The van der Waals surface area contributed by atoms with Gasteiger partial charge in [-0.25, -0.2) is 4.79 Å². The first-order valence-corrected chi connectivity index (χ1v) is 6.41. The van der Waals surface area contributed by atoms with Crippen LogP contribution in [-0.2, 0) is 11.3 Å². The van der Waals surface area contributed by atoms with E-state index in [0.717, 1.165) is 17.7 Å². The molecule has 1 rings (SSSR count). The number of hydrogen-bond acceptors (Lipinski definition) is 3. The van der Waals surface area contributed by atoms with Gasteiger partial charge in [0.05, 0.1) is 6.54 Å². The first kappa shape index (κ1) is 15.3. The molecule has 0 spiro atoms. The molecule has 0 bridgehead atoms. The van der Waals surface area contributed by atoms with Gasteiger partial charge in [-0.05, 0) is 45.7 Å². The molecule has 0 saturated carbocycles. The molecule has 1 aromatic heterocycles. The van der Waals surface area contributed by atoms with E-state index in [0.29, 0.717) is 5.56 Å². The minimum atomic E-state index is -0.508. The second-order valence-corrected chi connectivity index (χ2v) is 5.30. The number of alkyl carbamates (subject to hydrolysis) is 1. The third-order valence-corrected chi connectivity index (χ3v) is 3.12. The van der Waals surface area contributed by atoms with Crippen molar-refractivity contribution in [1.29, 1.82) is 0 Å². The topological polar surface area (TPSA) is 71.2 Å². The molecule has 1 heterocycles. The number of amides is 1. The van der Waals surface area contributed by atoms with Crippen molar-refractivity contribution >= 4 is 6.09 Å². The Morgan fingerprint density at radius 1 is 1.42 bits per heavy atom. The molecule has 0 aliphatic carbocycles. The lowest BCUT2D eigenvalue weighted by molar-refractivity contribution is 0.0359. The van der Waals surface area contributed by atoms with E-state index in [1.165, 1.54) is 0 Å². The van der Waals surface area contributed by atoms with Crippen LogP contribution < -0.4 is 10.9 Å². The van der Waals surface area contributed by atoms with E-state index in [2.05, 4.69) is 10.3 Å². The Labute approximate surface area is 113 Å². The summed E-state index contributed by atoms with van der Waals surface area (Å²) in [5, 5.41) is 2.61. The minimum absolute atomic E-state index is 0.167. The number of rotatable bonds is 4. The molecule has 0 aromatic carbocycles. The maximum absolute atomic E-state index is 11.8. The van der Waals surface area contributed by atoms with Gasteiger partial charge in [-0.1, -0.05) is 6.92 Å². The smallest absolute Gasteiger partial charge is 0.407 e. The average molecular weight is 266 g/mol. The van der Waals surface area contributed by atoms with Crippen molar-refractivity contribution < 1.29 is 9.53 Å². The van der Waals surface area contributed by atoms with Crippen LogP contribution in [0.5, 0.6) is 0 Å². The number of carbonyl (C=O) groups is 1. The van der Waals surface area contributed by atoms with Crippen LogP contribution in [0.3, 0.4) is 0 Å². The molecule has 0 fully saturated rings. The van der Waals surface area contributed by atoms with E-state index in [-0.39, 0.29) is 12.1 Å². The quantitative estimate of drug-likeness (QED) is 0.879. The van der Waals surface area contributed by atoms with Crippen LogP contribution >= 0.6 is 0 Å². The minimum Gasteiger partial charge on any atom is -0.444 e. The number of pyridine rings is 1. The summed E-state index contributed by atoms with van der Waals surface area (Å²) in [5.74, 6) is 0. The number of ether oxygens (including phenoxy) is 1. The molecular formula is C14H22N2O3. The van der Waals surface area contributed by atoms with E-state index in [9.17, 15) is 9.59 Å². The SMILES string of the molecule is CCC(C)(C)OC(=O)NCc1c(C)cc(C)[nH]c1=O. The number of carbonyl (C=O) groups excluding carboxylic acids is 1. The number of H-pyrrole nitrogens is 1. The summed E-state index contributed by atoms with van der Waals surface area (Å²) >= 11 is 0. The molecule has 0 saturated heterocycles. The molecule has 0 aliphatic heterocycles. The number of aryl methyl sites for hydroxylation is 2. The summed E-state index contributed by atoms with van der Waals surface area (Å²) in [7, 11) is 0. The number of aromatic nitrogens is 1. The van der Waals surface area contributed by atoms with Crippen molar-refractivity contribution in [3.63, 3.8) is 0 Å². The lowest BCUT2D eigenvalue weighted by atomic mass is 10.1. The second-order valence-electron chi connectivity index (χ2n) is 5.30. The fraction of sp³-hybridized carbons (Fsp3) is 0.571. The predicted molar refractivity (Wildman–Crippen MR) is 74.2 cm³/mol. The predicted octanol–water partition coefficient (Wildman–Crippen LogP) is 2.41. The van der Waals surface area contributed by atoms with E-state index in [1.54, 1.807) is 0 Å². The summed E-state index contributed by atoms with van der Waals surface area (Å²) < 4.78 is 5.25. The number of nitrogens with one attached hydrogen (secondary N) is 2. The van der Waals surface area contributed by atoms with Crippen LogP contribution in [0, 0.1) is 13.8 Å². The third-order valence-electron chi connectivity index (χ3n) is 3.12. The Bertz CT molecular complexity index is 518. The van der Waals surface area contributed by atoms with Gasteiger partial charge in [0.1, 0.15) is 5.60 Å². The lowest BCUT2D eigenvalue weighted by Gasteiger charge is -2.23. The van der Waals surface area contributed by atoms with Crippen molar-refractivity contribution in [2.24, 2.45) is 0 Å². The zero-order valence-electron chi connectivity index (χ0n) is 12.2. The van der Waals surface area contributed by atoms with Crippen molar-refractivity contribution in [3.8, 4) is 0 Å². The maximum Gasteiger partial charge on any atom is 0.407 e. The van der Waals surface area contributed by atoms with Crippen LogP contribution in [0.2, 0.25) is 0 Å². The van der Waals surface area contributed by atoms with E-state index >= 15 is 0 Å². The summed E-state index contributed by atoms with van der Waals surface area (Å²) in [6.45, 7) is 9.47. The summed E-state index contributed by atoms with van der Waals surface area (Å²) in [5.41, 5.74) is 1.54. The molecule has 5 nitrogen and oxygen atoms in total. The third kappa shape index (κ3) is 4.43. The zero-order valence-corrected chi connectivity index (χ0v) is 12.2. The summed E-state index contributed by atoms with van der Waals surface area (Å²) in [4.78, 5) is 26.1. The van der Waals surface area contributed by atoms with Crippen molar-refractivity contribution in [2.45, 2.75) is 53.2 Å². The normalized spacial score (nSPS) is 11.2. The van der Waals surface area contributed by atoms with Crippen LogP contribution in [0.15, 0.2) is 10.9 Å². The van der Waals surface area contributed by atoms with Gasteiger partial charge in [0.25, 0.3) is 5.56 Å². The average Bonchev–Trinajstić information content (AvgIpc) is 2.26. The van der Waals surface area contributed by atoms with Gasteiger partial charge in [-0.15, -0.1) is 0 Å². The summed E-state index contributed by atoms with van der Waals surface area (Å²) in [6, 6.07) is 1.87. The fourth-order valence-corrected chi connectivity index (χ4v) is 1.62. The largest absolute Gasteiger partial charge is 0.444 e. The Balaban J connectivity index is 2.68. The molecule has 19 heavy (non-hydrogen) atoms. The monoisotopic (exact) mass is 266 g/mol. The molecule has 0 unspecified atom stereocenters. The van der Waals surface area contributed by atoms with Gasteiger partial charge in [0.15, 0.2) is 0 Å². The standard InChI is InChI=1S/C14H22N2O3/c1-6-14(4,5)19-13(18)15-8-11-9(2)7-10(3)16-12(11)17/h7H,6,8H2,1-5H3,(H,15,18)(H,16,17). The molecule has 2 N–H and O–H groups in total. The Hall–Kier alpha value is -1.78. The number of hydrogen-bond donors (Lipinski definition) is 2. The summed E-state index contributed by atoms with van der Waals surface area (Å²) in [6.07, 6.45) is 0.219. The molecule has 1 aromatic rings. The van der Waals surface area contributed by atoms with Gasteiger partial charge in [0.2, 0.25) is 0 Å². The van der Waals surface area contributed by atoms with Gasteiger partial charge in [-0.3, -0.25) is 4.79 Å². The second kappa shape index (κ2) is 5.91. The fourth-order valence-electron chi connectivity index (χ4n) is 1.62. The van der Waals surface area contributed by atoms with Crippen LogP contribution in [0.1, 0.15) is 44.0 Å². The van der Waals surface area contributed by atoms with Crippen LogP contribution in [-0.4, -0.2) is 16.7 Å². The van der Waals surface area contributed by atoms with Gasteiger partial charge in [0, 0.05) is 11.3 Å². The Morgan fingerprint density at radius 3 is 2.58 bits per heavy atom. The highest BCUT2D eigenvalue weighted by molar-refractivity contribution is 5.67. The van der Waals surface area contributed by atoms with Crippen LogP contribution in [0.25, 0.3) is 0 Å². The molecule has 5 heteroatoms. The zero-order chi connectivity index (χ0) is 14.6. The Kier molecular flexibility index (Phi) is 4.75. The molecule has 106 valence electrons. The molecule has 0 radical (unpaired) electrons. The number of aromatic amines is 1. The highest BCUT2D eigenvalue weighted by Gasteiger charge is 2.20. The van der Waals surface area contributed by atoms with Crippen molar-refractivity contribution in [3.05, 3.63) is 33.2 Å². The van der Waals surface area contributed by atoms with Crippen LogP contribution in [0.4, 0.5) is 4.79 Å². The maximum atomic E-state index is 11.8. The molecular weight excluding hydrogens is 244 g/mol. The van der Waals surface area contributed by atoms with E-state index in [4.69, 9.17) is 4.74 Å². The highest BCUT2D eigenvalue weighted by Crippen LogP contribution is 2.13. The van der Waals surface area contributed by atoms with Crippen molar-refractivity contribution in [1.82, 2.24) is 10.3 Å². The van der Waals surface area contributed by atoms with Gasteiger partial charge < -0.3 is 15.0 Å². The van der Waals surface area contributed by atoms with Gasteiger partial charge >= 0.3 is 6.09 Å². The molecule has 0 atom stereocenters. The van der Waals surface area contributed by atoms with Crippen molar-refractivity contribution in [2.75, 3.05) is 0 Å². The highest BCUT2D eigenvalue weighted by atomic mass is 16.6. The molecule has 0 aliphatic rings. The Morgan fingerprint density at radius 2 is 2.05 bits per heavy atom.